The van der Waals surface area contributed by atoms with Crippen molar-refractivity contribution in [3.63, 3.8) is 0 Å². The molecule has 3 amide bonds. The van der Waals surface area contributed by atoms with E-state index in [2.05, 4.69) is 25.9 Å². The maximum absolute atomic E-state index is 12.7. The van der Waals surface area contributed by atoms with Gasteiger partial charge >= 0.3 is 6.03 Å². The number of para-hydroxylation sites is 1. The lowest BCUT2D eigenvalue weighted by molar-refractivity contribution is 0.0944. The fraction of sp³-hybridized carbons (Fsp3) is 0.333. The number of carbonyl (C=O) groups excluding carboxylic acids is 2. The first-order chi connectivity index (χ1) is 17.5. The Balaban J connectivity index is 1.45. The fourth-order valence-electron chi connectivity index (χ4n) is 3.78. The van der Waals surface area contributed by atoms with Crippen LogP contribution in [0.2, 0.25) is 0 Å². The van der Waals surface area contributed by atoms with Gasteiger partial charge in [-0.15, -0.1) is 0 Å². The number of rotatable bonds is 7. The molecule has 0 bridgehead atoms. The first kappa shape index (κ1) is 26.5. The van der Waals surface area contributed by atoms with E-state index in [0.29, 0.717) is 41.6 Å². The normalized spacial score (nSPS) is 13.4. The summed E-state index contributed by atoms with van der Waals surface area (Å²) in [7, 11) is -0.629. The van der Waals surface area contributed by atoms with Gasteiger partial charge in [-0.25, -0.2) is 22.5 Å². The molecule has 0 radical (unpaired) electrons. The minimum Gasteiger partial charge on any atom is -0.365 e. The van der Waals surface area contributed by atoms with Crippen LogP contribution in [0, 0.1) is 0 Å². The van der Waals surface area contributed by atoms with E-state index in [1.54, 1.807) is 36.5 Å². The molecule has 0 spiro atoms. The second-order valence-corrected chi connectivity index (χ2v) is 12.2. The summed E-state index contributed by atoms with van der Waals surface area (Å²) < 4.78 is 26.2. The lowest BCUT2D eigenvalue weighted by Crippen LogP contribution is -2.31. The van der Waals surface area contributed by atoms with Crippen molar-refractivity contribution in [2.75, 3.05) is 36.2 Å². The highest BCUT2D eigenvalue weighted by Crippen LogP contribution is 2.31. The molecule has 11 nitrogen and oxygen atoms in total. The van der Waals surface area contributed by atoms with Crippen LogP contribution in [0.25, 0.3) is 0 Å². The lowest BCUT2D eigenvalue weighted by Gasteiger charge is -2.28. The van der Waals surface area contributed by atoms with Gasteiger partial charge in [-0.3, -0.25) is 15.1 Å². The van der Waals surface area contributed by atoms with Gasteiger partial charge in [0, 0.05) is 44.2 Å². The number of nitrogens with one attached hydrogen (secondary N) is 3. The summed E-state index contributed by atoms with van der Waals surface area (Å²) in [5.74, 6) is -0.271. The van der Waals surface area contributed by atoms with Crippen LogP contribution in [0.1, 0.15) is 34.8 Å². The molecule has 2 aromatic heterocycles. The van der Waals surface area contributed by atoms with E-state index in [1.165, 1.54) is 31.6 Å². The summed E-state index contributed by atoms with van der Waals surface area (Å²) in [5, 5.41) is 8.76. The number of hydrogen-bond acceptors (Lipinski definition) is 8. The summed E-state index contributed by atoms with van der Waals surface area (Å²) >= 11 is 1.36. The minimum atomic E-state index is -3.59. The van der Waals surface area contributed by atoms with Crippen molar-refractivity contribution in [3.8, 4) is 0 Å². The summed E-state index contributed by atoms with van der Waals surface area (Å²) in [6, 6.07) is 7.88. The monoisotopic (exact) mass is 543 g/mol. The molecule has 0 aliphatic carbocycles. The van der Waals surface area contributed by atoms with Crippen molar-refractivity contribution in [3.05, 3.63) is 58.9 Å². The second kappa shape index (κ2) is 10.8. The molecule has 0 atom stereocenters. The van der Waals surface area contributed by atoms with Gasteiger partial charge in [-0.1, -0.05) is 23.5 Å². The second-order valence-electron chi connectivity index (χ2n) is 8.98. The number of hydrogen-bond donors (Lipinski definition) is 3. The molecule has 3 heterocycles. The molecule has 0 saturated heterocycles. The zero-order chi connectivity index (χ0) is 26.7. The van der Waals surface area contributed by atoms with Crippen molar-refractivity contribution < 1.29 is 18.0 Å². The molecule has 196 valence electrons. The van der Waals surface area contributed by atoms with Gasteiger partial charge in [0.15, 0.2) is 5.13 Å². The Morgan fingerprint density at radius 2 is 1.89 bits per heavy atom. The first-order valence-corrected chi connectivity index (χ1v) is 13.9. The maximum Gasteiger partial charge on any atom is 0.325 e. The Kier molecular flexibility index (Phi) is 7.76. The molecule has 4 rings (SSSR count). The SMILES string of the molecule is CC(C)NC(=O)c1ccccc1NC(=O)Nc1nc2c(s1)CN(c1cncc(S(=O)(=O)N(C)C)c1)CC2. The van der Waals surface area contributed by atoms with Crippen molar-refractivity contribution >= 4 is 49.8 Å². The number of carbonyl (C=O) groups is 2. The van der Waals surface area contributed by atoms with Crippen molar-refractivity contribution in [2.45, 2.75) is 37.8 Å². The number of sulfonamides is 1. The van der Waals surface area contributed by atoms with Crippen LogP contribution < -0.4 is 20.9 Å². The molecule has 0 fully saturated rings. The number of amides is 3. The maximum atomic E-state index is 12.7. The smallest absolute Gasteiger partial charge is 0.325 e. The minimum absolute atomic E-state index is 0.0359. The van der Waals surface area contributed by atoms with E-state index in [4.69, 9.17) is 0 Å². The fourth-order valence-corrected chi connectivity index (χ4v) is 5.69. The Hall–Kier alpha value is -3.55. The molecule has 1 aliphatic rings. The molecule has 1 aromatic carbocycles. The molecule has 0 saturated carbocycles. The van der Waals surface area contributed by atoms with Crippen molar-refractivity contribution in [2.24, 2.45) is 0 Å². The average molecular weight is 544 g/mol. The molecular formula is C24H29N7O4S2. The number of aromatic nitrogens is 2. The zero-order valence-corrected chi connectivity index (χ0v) is 22.6. The third-order valence-corrected chi connectivity index (χ3v) is 8.41. The average Bonchev–Trinajstić information content (AvgIpc) is 3.25. The van der Waals surface area contributed by atoms with Crippen LogP contribution in [0.3, 0.4) is 0 Å². The third-order valence-electron chi connectivity index (χ3n) is 5.63. The predicted octanol–water partition coefficient (Wildman–Crippen LogP) is 3.13. The Morgan fingerprint density at radius 3 is 2.62 bits per heavy atom. The highest BCUT2D eigenvalue weighted by molar-refractivity contribution is 7.89. The number of benzene rings is 1. The molecule has 13 heteroatoms. The van der Waals surface area contributed by atoms with Crippen LogP contribution in [0.5, 0.6) is 0 Å². The summed E-state index contributed by atoms with van der Waals surface area (Å²) in [4.78, 5) is 37.0. The lowest BCUT2D eigenvalue weighted by atomic mass is 10.1. The molecular weight excluding hydrogens is 514 g/mol. The molecule has 1 aliphatic heterocycles. The van der Waals surface area contributed by atoms with Crippen molar-refractivity contribution in [1.29, 1.82) is 0 Å². The van der Waals surface area contributed by atoms with Gasteiger partial charge < -0.3 is 15.5 Å². The number of anilines is 3. The van der Waals surface area contributed by atoms with Crippen LogP contribution in [0.15, 0.2) is 47.6 Å². The van der Waals surface area contributed by atoms with Gasteiger partial charge in [0.25, 0.3) is 5.91 Å². The standard InChI is InChI=1S/C24H29N7O4S2/c1-15(2)26-22(32)18-7-5-6-8-19(18)27-23(33)29-24-28-20-9-10-31(14-21(20)36-24)16-11-17(13-25-12-16)37(34,35)30(3)4/h5-8,11-13,15H,9-10,14H2,1-4H3,(H,26,32)(H2,27,28,29,33). The van der Waals surface area contributed by atoms with Crippen LogP contribution >= 0.6 is 11.3 Å². The van der Waals surface area contributed by atoms with E-state index in [1.807, 2.05) is 18.7 Å². The van der Waals surface area contributed by atoms with E-state index in [9.17, 15) is 18.0 Å². The van der Waals surface area contributed by atoms with E-state index >= 15 is 0 Å². The van der Waals surface area contributed by atoms with E-state index in [-0.39, 0.29) is 16.8 Å². The third kappa shape index (κ3) is 6.06. The highest BCUT2D eigenvalue weighted by Gasteiger charge is 2.24. The highest BCUT2D eigenvalue weighted by atomic mass is 32.2. The molecule has 0 unspecified atom stereocenters. The molecule has 3 aromatic rings. The largest absolute Gasteiger partial charge is 0.365 e. The van der Waals surface area contributed by atoms with Crippen LogP contribution in [-0.2, 0) is 23.0 Å². The number of nitrogens with zero attached hydrogens (tertiary/aromatic N) is 4. The Bertz CT molecular complexity index is 1420. The molecule has 37 heavy (non-hydrogen) atoms. The van der Waals surface area contributed by atoms with E-state index < -0.39 is 16.1 Å². The van der Waals surface area contributed by atoms with Gasteiger partial charge in [0.05, 0.1) is 35.4 Å². The van der Waals surface area contributed by atoms with Gasteiger partial charge in [0.2, 0.25) is 10.0 Å². The number of urea groups is 1. The quantitative estimate of drug-likeness (QED) is 0.416. The van der Waals surface area contributed by atoms with Crippen LogP contribution in [-0.4, -0.2) is 61.3 Å². The number of thiazole rings is 1. The first-order valence-electron chi connectivity index (χ1n) is 11.6. The molecule has 3 N–H and O–H groups in total. The Morgan fingerprint density at radius 1 is 1.14 bits per heavy atom. The number of pyridine rings is 1. The summed E-state index contributed by atoms with van der Waals surface area (Å²) in [5.41, 5.74) is 2.35. The van der Waals surface area contributed by atoms with Crippen LogP contribution in [0.4, 0.5) is 21.3 Å². The number of fused-ring (bicyclic) bond motifs is 1. The zero-order valence-electron chi connectivity index (χ0n) is 21.0. The summed E-state index contributed by atoms with van der Waals surface area (Å²) in [6.07, 6.45) is 3.62. The van der Waals surface area contributed by atoms with Gasteiger partial charge in [0.1, 0.15) is 4.90 Å². The van der Waals surface area contributed by atoms with Crippen molar-refractivity contribution in [1.82, 2.24) is 19.6 Å². The Labute approximate surface area is 220 Å². The van der Waals surface area contributed by atoms with Gasteiger partial charge in [-0.2, -0.15) is 0 Å². The van der Waals surface area contributed by atoms with E-state index in [0.717, 1.165) is 14.9 Å². The predicted molar refractivity (Wildman–Crippen MR) is 144 cm³/mol. The topological polar surface area (TPSA) is 137 Å². The summed E-state index contributed by atoms with van der Waals surface area (Å²) in [6.45, 7) is 4.88. The van der Waals surface area contributed by atoms with Gasteiger partial charge in [-0.05, 0) is 32.0 Å².